The Kier molecular flexibility index (Phi) is 4.51. The molecule has 1 atom stereocenters. The molecule has 5 rings (SSSR count). The quantitative estimate of drug-likeness (QED) is 0.440. The zero-order valence-electron chi connectivity index (χ0n) is 16.3. The smallest absolute Gasteiger partial charge is 0.196 e. The van der Waals surface area contributed by atoms with Crippen molar-refractivity contribution in [3.63, 3.8) is 0 Å². The number of allylic oxidation sites excluding steroid dienone is 1. The largest absolute Gasteiger partial charge is 0.339 e. The van der Waals surface area contributed by atoms with Crippen LogP contribution >= 0.6 is 0 Å². The molecule has 2 aliphatic rings. The van der Waals surface area contributed by atoms with Crippen LogP contribution in [0.4, 0.5) is 0 Å². The van der Waals surface area contributed by atoms with E-state index in [1.807, 2.05) is 66.9 Å². The van der Waals surface area contributed by atoms with Gasteiger partial charge in [-0.2, -0.15) is 0 Å². The lowest BCUT2D eigenvalue weighted by Gasteiger charge is -2.41. The minimum Gasteiger partial charge on any atom is -0.339 e. The van der Waals surface area contributed by atoms with E-state index in [1.54, 1.807) is 12.1 Å². The van der Waals surface area contributed by atoms with Gasteiger partial charge >= 0.3 is 0 Å². The van der Waals surface area contributed by atoms with Crippen molar-refractivity contribution in [2.45, 2.75) is 12.5 Å². The first-order valence-electron chi connectivity index (χ1n) is 9.97. The van der Waals surface area contributed by atoms with Crippen LogP contribution in [-0.2, 0) is 4.79 Å². The summed E-state index contributed by atoms with van der Waals surface area (Å²) in [7, 11) is 0. The van der Waals surface area contributed by atoms with Gasteiger partial charge in [-0.3, -0.25) is 4.79 Å². The third-order valence-corrected chi connectivity index (χ3v) is 5.73. The average molecular weight is 389 g/mol. The second kappa shape index (κ2) is 7.47. The van der Waals surface area contributed by atoms with Crippen LogP contribution in [0.2, 0.25) is 0 Å². The monoisotopic (exact) mass is 389 g/mol. The standard InChI is InChI=1S/C27H19NO2/c29-18-22-17-24(20-10-3-1-4-11-20)28-16-15-19-9-7-8-14-23(19)26(28)25(22)27(30)21-12-5-2-6-13-21/h1-16,24H,17H2. The van der Waals surface area contributed by atoms with Gasteiger partial charge in [-0.05, 0) is 17.2 Å². The van der Waals surface area contributed by atoms with Crippen LogP contribution in [-0.4, -0.2) is 16.6 Å². The first kappa shape index (κ1) is 18.1. The Bertz CT molecular complexity index is 1230. The molecule has 0 radical (unpaired) electrons. The molecule has 3 aromatic rings. The Balaban J connectivity index is 1.78. The summed E-state index contributed by atoms with van der Waals surface area (Å²) < 4.78 is 0. The molecule has 0 N–H and O–H groups in total. The predicted octanol–water partition coefficient (Wildman–Crippen LogP) is 5.47. The van der Waals surface area contributed by atoms with Crippen molar-refractivity contribution in [2.75, 3.05) is 0 Å². The highest BCUT2D eigenvalue weighted by molar-refractivity contribution is 6.18. The van der Waals surface area contributed by atoms with Crippen LogP contribution in [0.5, 0.6) is 0 Å². The lowest BCUT2D eigenvalue weighted by atomic mass is 9.81. The van der Waals surface area contributed by atoms with Gasteiger partial charge < -0.3 is 4.90 Å². The molecule has 2 heterocycles. The molecule has 2 aliphatic heterocycles. The maximum absolute atomic E-state index is 13.6. The lowest BCUT2D eigenvalue weighted by molar-refractivity contribution is 0.103. The van der Waals surface area contributed by atoms with Gasteiger partial charge in [-0.25, -0.2) is 4.79 Å². The van der Waals surface area contributed by atoms with E-state index in [0.717, 1.165) is 22.4 Å². The van der Waals surface area contributed by atoms with Crippen molar-refractivity contribution in [3.05, 3.63) is 125 Å². The number of carbonyl (C=O) groups excluding carboxylic acids is 2. The molecule has 0 saturated heterocycles. The van der Waals surface area contributed by atoms with Crippen molar-refractivity contribution in [3.8, 4) is 0 Å². The van der Waals surface area contributed by atoms with Gasteiger partial charge in [0.1, 0.15) is 5.94 Å². The minimum absolute atomic E-state index is 0.0745. The molecule has 0 aromatic heterocycles. The van der Waals surface area contributed by atoms with E-state index in [9.17, 15) is 9.59 Å². The van der Waals surface area contributed by atoms with E-state index in [-0.39, 0.29) is 11.8 Å². The molecular weight excluding hydrogens is 370 g/mol. The first-order chi connectivity index (χ1) is 14.8. The first-order valence-corrected chi connectivity index (χ1v) is 9.97. The van der Waals surface area contributed by atoms with Gasteiger partial charge in [-0.1, -0.05) is 84.9 Å². The molecule has 0 aliphatic carbocycles. The number of benzene rings is 3. The zero-order chi connectivity index (χ0) is 20.5. The second-order valence-corrected chi connectivity index (χ2v) is 7.44. The van der Waals surface area contributed by atoms with Crippen LogP contribution < -0.4 is 0 Å². The predicted molar refractivity (Wildman–Crippen MR) is 118 cm³/mol. The SMILES string of the molecule is O=C=C1CC(c2ccccc2)N2C=Cc3ccccc3C2=C1C(=O)c1ccccc1. The summed E-state index contributed by atoms with van der Waals surface area (Å²) in [6, 6.07) is 27.1. The summed E-state index contributed by atoms with van der Waals surface area (Å²) >= 11 is 0. The van der Waals surface area contributed by atoms with Crippen LogP contribution in [0.3, 0.4) is 0 Å². The van der Waals surface area contributed by atoms with Crippen LogP contribution in [0.25, 0.3) is 11.8 Å². The molecule has 0 amide bonds. The van der Waals surface area contributed by atoms with Crippen molar-refractivity contribution < 1.29 is 9.59 Å². The molecule has 0 saturated carbocycles. The summed E-state index contributed by atoms with van der Waals surface area (Å²) in [5.41, 5.74) is 5.29. The number of ketones is 1. The van der Waals surface area contributed by atoms with Crippen LogP contribution in [0, 0.1) is 0 Å². The molecule has 3 heteroatoms. The van der Waals surface area contributed by atoms with Gasteiger partial charge in [0.15, 0.2) is 5.78 Å². The molecule has 0 spiro atoms. The summed E-state index contributed by atoms with van der Waals surface area (Å²) in [5, 5.41) is 0. The number of fused-ring (bicyclic) bond motifs is 3. The Hall–Kier alpha value is -3.94. The van der Waals surface area contributed by atoms with Gasteiger partial charge in [0.05, 0.1) is 22.9 Å². The fourth-order valence-corrected chi connectivity index (χ4v) is 4.32. The normalized spacial score (nSPS) is 17.3. The molecule has 3 nitrogen and oxygen atoms in total. The third-order valence-electron chi connectivity index (χ3n) is 5.73. The number of carbonyl (C=O) groups is 1. The third kappa shape index (κ3) is 2.93. The van der Waals surface area contributed by atoms with Crippen molar-refractivity contribution in [1.29, 1.82) is 0 Å². The van der Waals surface area contributed by atoms with Gasteiger partial charge in [0.25, 0.3) is 0 Å². The highest BCUT2D eigenvalue weighted by atomic mass is 16.1. The summed E-state index contributed by atoms with van der Waals surface area (Å²) in [5.74, 6) is 1.96. The molecule has 1 unspecified atom stereocenters. The van der Waals surface area contributed by atoms with E-state index >= 15 is 0 Å². The second-order valence-electron chi connectivity index (χ2n) is 7.44. The zero-order valence-corrected chi connectivity index (χ0v) is 16.3. The highest BCUT2D eigenvalue weighted by Gasteiger charge is 2.37. The van der Waals surface area contributed by atoms with Crippen molar-refractivity contribution in [1.82, 2.24) is 4.90 Å². The number of Topliss-reactive ketones (excluding diaryl/α,β-unsaturated/α-hetero) is 1. The minimum atomic E-state index is -0.148. The molecule has 3 aromatic carbocycles. The fraction of sp³-hybridized carbons (Fsp3) is 0.0741. The fourth-order valence-electron chi connectivity index (χ4n) is 4.32. The number of hydrogen-bond acceptors (Lipinski definition) is 3. The average Bonchev–Trinajstić information content (AvgIpc) is 2.83. The molecule has 0 fully saturated rings. The molecular formula is C27H19NO2. The van der Waals surface area contributed by atoms with Crippen LogP contribution in [0.15, 0.2) is 102 Å². The van der Waals surface area contributed by atoms with Gasteiger partial charge in [-0.15, -0.1) is 0 Å². The summed E-state index contributed by atoms with van der Waals surface area (Å²) in [6.07, 6.45) is 4.52. The van der Waals surface area contributed by atoms with E-state index in [0.29, 0.717) is 23.1 Å². The topological polar surface area (TPSA) is 37.4 Å². The Labute approximate surface area is 175 Å². The number of nitrogens with zero attached hydrogens (tertiary/aromatic N) is 1. The Morgan fingerprint density at radius 2 is 1.53 bits per heavy atom. The van der Waals surface area contributed by atoms with Gasteiger partial charge in [0.2, 0.25) is 0 Å². The Morgan fingerprint density at radius 1 is 0.867 bits per heavy atom. The Morgan fingerprint density at radius 3 is 2.27 bits per heavy atom. The van der Waals surface area contributed by atoms with Crippen molar-refractivity contribution >= 4 is 23.5 Å². The van der Waals surface area contributed by atoms with E-state index < -0.39 is 0 Å². The number of hydrogen-bond donors (Lipinski definition) is 0. The van der Waals surface area contributed by atoms with E-state index in [2.05, 4.69) is 29.1 Å². The van der Waals surface area contributed by atoms with E-state index in [1.165, 1.54) is 0 Å². The maximum atomic E-state index is 13.6. The van der Waals surface area contributed by atoms with Crippen molar-refractivity contribution in [2.24, 2.45) is 0 Å². The molecule has 144 valence electrons. The molecule has 0 bridgehead atoms. The van der Waals surface area contributed by atoms with Gasteiger partial charge in [0, 0.05) is 23.7 Å². The highest BCUT2D eigenvalue weighted by Crippen LogP contribution is 2.46. The van der Waals surface area contributed by atoms with Crippen LogP contribution in [0.1, 0.15) is 39.5 Å². The van der Waals surface area contributed by atoms with E-state index in [4.69, 9.17) is 0 Å². The number of rotatable bonds is 3. The summed E-state index contributed by atoms with van der Waals surface area (Å²) in [4.78, 5) is 27.8. The lowest BCUT2D eigenvalue weighted by Crippen LogP contribution is -2.32. The maximum Gasteiger partial charge on any atom is 0.196 e. The summed E-state index contributed by atoms with van der Waals surface area (Å²) in [6.45, 7) is 0. The molecule has 30 heavy (non-hydrogen) atoms.